The van der Waals surface area contributed by atoms with E-state index >= 15 is 0 Å². The van der Waals surface area contributed by atoms with E-state index in [1.165, 1.54) is 6.20 Å². The Kier molecular flexibility index (Phi) is 5.97. The molecule has 4 heterocycles. The lowest BCUT2D eigenvalue weighted by atomic mass is 10.0. The van der Waals surface area contributed by atoms with Crippen LogP contribution in [0.5, 0.6) is 5.75 Å². The van der Waals surface area contributed by atoms with Crippen molar-refractivity contribution in [3.05, 3.63) is 83.6 Å². The first kappa shape index (κ1) is 22.3. The van der Waals surface area contributed by atoms with Crippen LogP contribution in [-0.4, -0.2) is 34.5 Å². The molecular weight excluding hydrogens is 447 g/mol. The average Bonchev–Trinajstić information content (AvgIpc) is 2.87. The Labute approximate surface area is 201 Å². The van der Waals surface area contributed by atoms with E-state index < -0.39 is 5.95 Å². The van der Waals surface area contributed by atoms with Crippen molar-refractivity contribution >= 4 is 29.0 Å². The van der Waals surface area contributed by atoms with Crippen molar-refractivity contribution < 1.29 is 13.9 Å². The number of aromatic nitrogens is 3. The molecule has 0 saturated carbocycles. The van der Waals surface area contributed by atoms with Crippen LogP contribution in [0.2, 0.25) is 0 Å². The Morgan fingerprint density at radius 2 is 1.74 bits per heavy atom. The molecule has 35 heavy (non-hydrogen) atoms. The molecule has 8 bridgehead atoms. The number of fused-ring (bicyclic) bond motifs is 5. The van der Waals surface area contributed by atoms with Crippen LogP contribution in [0, 0.1) is 12.9 Å². The average molecular weight is 471 g/mol. The molecule has 2 aromatic heterocycles. The second-order valence-electron chi connectivity index (χ2n) is 8.19. The van der Waals surface area contributed by atoms with Gasteiger partial charge in [-0.15, -0.1) is 0 Å². The molecule has 2 aromatic carbocycles. The highest BCUT2D eigenvalue weighted by atomic mass is 19.1. The Balaban J connectivity index is 1.59. The second kappa shape index (κ2) is 9.38. The number of pyridine rings is 1. The lowest BCUT2D eigenvalue weighted by molar-refractivity contribution is 0.0954. The molecule has 9 heteroatoms. The van der Waals surface area contributed by atoms with Crippen LogP contribution < -0.4 is 20.7 Å². The minimum Gasteiger partial charge on any atom is -0.497 e. The molecule has 0 radical (unpaired) electrons. The first-order valence-corrected chi connectivity index (χ1v) is 11.1. The maximum Gasteiger partial charge on any atom is 0.251 e. The highest BCUT2D eigenvalue weighted by Crippen LogP contribution is 2.28. The summed E-state index contributed by atoms with van der Waals surface area (Å²) in [6.45, 7) is 2.34. The van der Waals surface area contributed by atoms with Crippen LogP contribution in [0.3, 0.4) is 0 Å². The van der Waals surface area contributed by atoms with Crippen LogP contribution in [0.15, 0.2) is 60.9 Å². The monoisotopic (exact) mass is 470 g/mol. The van der Waals surface area contributed by atoms with Gasteiger partial charge in [0.15, 0.2) is 0 Å². The summed E-state index contributed by atoms with van der Waals surface area (Å²) in [6, 6.07) is 14.5. The lowest BCUT2D eigenvalue weighted by Crippen LogP contribution is -2.25. The van der Waals surface area contributed by atoms with Gasteiger partial charge in [0, 0.05) is 47.4 Å². The number of anilines is 4. The minimum atomic E-state index is -0.674. The number of methoxy groups -OCH3 is 1. The maximum absolute atomic E-state index is 14.5. The van der Waals surface area contributed by atoms with Crippen molar-refractivity contribution in [3.8, 4) is 16.9 Å². The standard InChI is InChI=1S/C26H23FN6O2/c1-15-13-30-26-32-22-11-19(14-29-23(22)27)17-3-5-18(6-4-17)25(34)28-8-7-16-9-20(31-24(15)33-26)12-21(10-16)35-2/h3-6,9-14H,7-8H2,1-2H3,(H,28,34)(H2,30,31,32,33). The second-order valence-corrected chi connectivity index (χ2v) is 8.19. The van der Waals surface area contributed by atoms with Crippen LogP contribution in [0.4, 0.5) is 27.5 Å². The van der Waals surface area contributed by atoms with E-state index in [2.05, 4.69) is 30.9 Å². The van der Waals surface area contributed by atoms with Crippen LogP contribution in [-0.2, 0) is 6.42 Å². The summed E-state index contributed by atoms with van der Waals surface area (Å²) in [6.07, 6.45) is 3.72. The molecule has 0 fully saturated rings. The maximum atomic E-state index is 14.5. The summed E-state index contributed by atoms with van der Waals surface area (Å²) in [7, 11) is 1.60. The quantitative estimate of drug-likeness (QED) is 0.345. The zero-order chi connectivity index (χ0) is 24.4. The van der Waals surface area contributed by atoms with E-state index in [1.54, 1.807) is 43.6 Å². The number of amides is 1. The first-order chi connectivity index (χ1) is 17.0. The molecule has 4 aromatic rings. The number of halogens is 1. The van der Waals surface area contributed by atoms with Crippen molar-refractivity contribution in [2.45, 2.75) is 13.3 Å². The largest absolute Gasteiger partial charge is 0.497 e. The van der Waals surface area contributed by atoms with E-state index in [-0.39, 0.29) is 17.5 Å². The third-order valence-corrected chi connectivity index (χ3v) is 5.70. The summed E-state index contributed by atoms with van der Waals surface area (Å²) < 4.78 is 20.0. The molecule has 176 valence electrons. The summed E-state index contributed by atoms with van der Waals surface area (Å²) in [5.74, 6) is 0.617. The fraction of sp³-hybridized carbons (Fsp3) is 0.154. The molecule has 0 unspecified atom stereocenters. The van der Waals surface area contributed by atoms with Gasteiger partial charge in [-0.2, -0.15) is 9.37 Å². The van der Waals surface area contributed by atoms with E-state index in [0.717, 1.165) is 22.4 Å². The number of hydrogen-bond donors (Lipinski definition) is 3. The van der Waals surface area contributed by atoms with E-state index in [1.807, 2.05) is 25.1 Å². The molecule has 0 atom stereocenters. The Morgan fingerprint density at radius 3 is 2.54 bits per heavy atom. The fourth-order valence-corrected chi connectivity index (χ4v) is 3.81. The number of hydrogen-bond acceptors (Lipinski definition) is 7. The SMILES string of the molecule is COc1cc2cc(c1)Nc1nc(ncc1C)Nc1cc(cnc1F)-c1ccc(cc1)C(=O)NCC2. The molecular formula is C26H23FN6O2. The summed E-state index contributed by atoms with van der Waals surface area (Å²) in [5, 5.41) is 9.19. The summed E-state index contributed by atoms with van der Waals surface area (Å²) in [5.41, 5.74) is 4.72. The normalized spacial score (nSPS) is 12.9. The molecule has 1 amide bonds. The predicted molar refractivity (Wildman–Crippen MR) is 132 cm³/mol. The van der Waals surface area contributed by atoms with Gasteiger partial charge in [-0.25, -0.2) is 9.97 Å². The Hall–Kier alpha value is -4.53. The van der Waals surface area contributed by atoms with Crippen molar-refractivity contribution in [2.75, 3.05) is 24.3 Å². The summed E-state index contributed by atoms with van der Waals surface area (Å²) >= 11 is 0. The number of aryl methyl sites for hydroxylation is 1. The Morgan fingerprint density at radius 1 is 0.943 bits per heavy atom. The molecule has 0 aliphatic carbocycles. The van der Waals surface area contributed by atoms with E-state index in [0.29, 0.717) is 35.7 Å². The molecule has 8 nitrogen and oxygen atoms in total. The zero-order valence-electron chi connectivity index (χ0n) is 19.2. The van der Waals surface area contributed by atoms with Gasteiger partial charge in [-0.3, -0.25) is 4.79 Å². The fourth-order valence-electron chi connectivity index (χ4n) is 3.81. The van der Waals surface area contributed by atoms with E-state index in [4.69, 9.17) is 4.74 Å². The number of carbonyl (C=O) groups excluding carboxylic acids is 1. The molecule has 0 spiro atoms. The van der Waals surface area contributed by atoms with Crippen molar-refractivity contribution in [1.29, 1.82) is 0 Å². The third-order valence-electron chi connectivity index (χ3n) is 5.70. The van der Waals surface area contributed by atoms with E-state index in [9.17, 15) is 9.18 Å². The van der Waals surface area contributed by atoms with Gasteiger partial charge < -0.3 is 20.7 Å². The molecule has 3 N–H and O–H groups in total. The number of ether oxygens (including phenoxy) is 1. The van der Waals surface area contributed by atoms with Crippen LogP contribution in [0.25, 0.3) is 11.1 Å². The highest BCUT2D eigenvalue weighted by Gasteiger charge is 2.13. The van der Waals surface area contributed by atoms with Gasteiger partial charge in [-0.05, 0) is 54.8 Å². The molecule has 2 aliphatic rings. The van der Waals surface area contributed by atoms with Crippen LogP contribution in [0.1, 0.15) is 21.5 Å². The minimum absolute atomic E-state index is 0.140. The van der Waals surface area contributed by atoms with Crippen molar-refractivity contribution in [3.63, 3.8) is 0 Å². The number of carbonyl (C=O) groups is 1. The predicted octanol–water partition coefficient (Wildman–Crippen LogP) is 4.77. The lowest BCUT2D eigenvalue weighted by Gasteiger charge is -2.14. The van der Waals surface area contributed by atoms with Crippen molar-refractivity contribution in [1.82, 2.24) is 20.3 Å². The number of nitrogens with one attached hydrogen (secondary N) is 3. The van der Waals surface area contributed by atoms with Gasteiger partial charge in [0.05, 0.1) is 12.8 Å². The first-order valence-electron chi connectivity index (χ1n) is 11.1. The zero-order valence-corrected chi connectivity index (χ0v) is 19.2. The van der Waals surface area contributed by atoms with Gasteiger partial charge in [0.1, 0.15) is 11.6 Å². The number of nitrogens with zero attached hydrogens (tertiary/aromatic N) is 3. The summed E-state index contributed by atoms with van der Waals surface area (Å²) in [4.78, 5) is 25.4. The number of rotatable bonds is 1. The van der Waals surface area contributed by atoms with Crippen LogP contribution >= 0.6 is 0 Å². The van der Waals surface area contributed by atoms with Gasteiger partial charge in [0.2, 0.25) is 11.9 Å². The molecule has 0 saturated heterocycles. The number of benzene rings is 2. The smallest absolute Gasteiger partial charge is 0.251 e. The van der Waals surface area contributed by atoms with Gasteiger partial charge >= 0.3 is 0 Å². The topological polar surface area (TPSA) is 101 Å². The molecule has 6 rings (SSSR count). The molecule has 2 aliphatic heterocycles. The third kappa shape index (κ3) is 4.89. The van der Waals surface area contributed by atoms with Gasteiger partial charge in [-0.1, -0.05) is 12.1 Å². The Bertz CT molecular complexity index is 1410. The highest BCUT2D eigenvalue weighted by molar-refractivity contribution is 5.94. The van der Waals surface area contributed by atoms with Gasteiger partial charge in [0.25, 0.3) is 5.91 Å². The van der Waals surface area contributed by atoms with Crippen molar-refractivity contribution in [2.24, 2.45) is 0 Å².